The van der Waals surface area contributed by atoms with E-state index in [1.807, 2.05) is 59.8 Å². The van der Waals surface area contributed by atoms with Crippen LogP contribution >= 0.6 is 0 Å². The van der Waals surface area contributed by atoms with Gasteiger partial charge in [0.25, 0.3) is 0 Å². The average molecular weight is 590 g/mol. The fraction of sp³-hybridized carbons (Fsp3) is 0.711. The summed E-state index contributed by atoms with van der Waals surface area (Å²) in [5.74, 6) is 4.14. The largest absolute Gasteiger partial charge is 0.352 e. The molecule has 0 rings (SSSR count). The van der Waals surface area contributed by atoms with Crippen molar-refractivity contribution in [1.29, 1.82) is 0 Å². The minimum Gasteiger partial charge on any atom is -0.352 e. The molecule has 0 aliphatic carbocycles. The minimum atomic E-state index is 0.0810. The Hall–Kier alpha value is -2.23. The van der Waals surface area contributed by atoms with E-state index in [2.05, 4.69) is 98.9 Å². The molecular weight excluding hydrogens is 518 g/mol. The molecule has 0 aliphatic heterocycles. The number of rotatable bonds is 14. The summed E-state index contributed by atoms with van der Waals surface area (Å²) in [6.45, 7) is 33.6. The number of nitrogens with one attached hydrogen (secondary N) is 1. The summed E-state index contributed by atoms with van der Waals surface area (Å²) in [5, 5.41) is 2.81. The zero-order valence-electron chi connectivity index (χ0n) is 30.6. The van der Waals surface area contributed by atoms with Crippen LogP contribution in [-0.4, -0.2) is 24.0 Å². The van der Waals surface area contributed by atoms with Gasteiger partial charge in [0.1, 0.15) is 5.78 Å². The number of hydrogen-bond acceptors (Lipinski definition) is 3. The van der Waals surface area contributed by atoms with E-state index in [4.69, 9.17) is 0 Å². The summed E-state index contributed by atoms with van der Waals surface area (Å²) in [5.41, 5.74) is 0. The highest BCUT2D eigenvalue weighted by atomic mass is 16.2. The van der Waals surface area contributed by atoms with Gasteiger partial charge in [0.15, 0.2) is 5.78 Å². The van der Waals surface area contributed by atoms with E-state index in [9.17, 15) is 14.4 Å². The van der Waals surface area contributed by atoms with Gasteiger partial charge < -0.3 is 5.32 Å². The highest BCUT2D eigenvalue weighted by Gasteiger charge is 2.04. The zero-order chi connectivity index (χ0) is 33.8. The van der Waals surface area contributed by atoms with Gasteiger partial charge >= 0.3 is 0 Å². The van der Waals surface area contributed by atoms with Crippen molar-refractivity contribution < 1.29 is 14.4 Å². The fourth-order valence-corrected chi connectivity index (χ4v) is 2.50. The summed E-state index contributed by atoms with van der Waals surface area (Å²) in [6.07, 6.45) is 18.1. The smallest absolute Gasteiger partial charge is 0.222 e. The summed E-state index contributed by atoms with van der Waals surface area (Å²) in [6, 6.07) is 0. The first-order valence-electron chi connectivity index (χ1n) is 16.3. The van der Waals surface area contributed by atoms with Crippen molar-refractivity contribution in [2.45, 2.75) is 124 Å². The van der Waals surface area contributed by atoms with Crippen LogP contribution in [0.25, 0.3) is 0 Å². The van der Waals surface area contributed by atoms with Gasteiger partial charge in [0.05, 0.1) is 0 Å². The monoisotopic (exact) mass is 590 g/mol. The van der Waals surface area contributed by atoms with Crippen LogP contribution < -0.4 is 5.32 Å². The molecule has 0 spiro atoms. The predicted molar refractivity (Wildman–Crippen MR) is 188 cm³/mol. The summed E-state index contributed by atoms with van der Waals surface area (Å²) in [4.78, 5) is 33.1. The van der Waals surface area contributed by atoms with Gasteiger partial charge in [0.2, 0.25) is 5.91 Å². The lowest BCUT2D eigenvalue weighted by molar-refractivity contribution is -0.124. The molecule has 4 nitrogen and oxygen atoms in total. The number of amides is 1. The predicted octanol–water partition coefficient (Wildman–Crippen LogP) is 10.5. The van der Waals surface area contributed by atoms with Crippen LogP contribution in [-0.2, 0) is 14.4 Å². The van der Waals surface area contributed by atoms with Crippen LogP contribution in [0.5, 0.6) is 0 Å². The summed E-state index contributed by atoms with van der Waals surface area (Å²) < 4.78 is 0. The molecule has 0 unspecified atom stereocenters. The van der Waals surface area contributed by atoms with Crippen molar-refractivity contribution in [3.8, 4) is 0 Å². The van der Waals surface area contributed by atoms with Gasteiger partial charge in [-0.25, -0.2) is 0 Å². The molecular formula is C38H71NO3. The van der Waals surface area contributed by atoms with E-state index in [1.165, 1.54) is 6.42 Å². The molecule has 0 fully saturated rings. The zero-order valence-corrected chi connectivity index (χ0v) is 30.6. The molecule has 0 radical (unpaired) electrons. The van der Waals surface area contributed by atoms with Gasteiger partial charge in [-0.05, 0) is 42.1 Å². The third kappa shape index (κ3) is 44.8. The lowest BCUT2D eigenvalue weighted by Gasteiger charge is -2.04. The third-order valence-corrected chi connectivity index (χ3v) is 5.27. The van der Waals surface area contributed by atoms with Gasteiger partial charge in [-0.2, -0.15) is 0 Å². The van der Waals surface area contributed by atoms with Crippen LogP contribution in [0.1, 0.15) is 124 Å². The first-order valence-corrected chi connectivity index (χ1v) is 16.3. The maximum atomic E-state index is 11.1. The summed E-state index contributed by atoms with van der Waals surface area (Å²) >= 11 is 0. The molecule has 0 aromatic rings. The van der Waals surface area contributed by atoms with Crippen molar-refractivity contribution in [3.63, 3.8) is 0 Å². The van der Waals surface area contributed by atoms with Gasteiger partial charge in [-0.15, -0.1) is 0 Å². The number of carbonyl (C=O) groups excluding carboxylic acids is 3. The van der Waals surface area contributed by atoms with E-state index in [0.29, 0.717) is 42.4 Å². The molecule has 4 heteroatoms. The molecule has 42 heavy (non-hydrogen) atoms. The normalized spacial score (nSPS) is 11.8. The van der Waals surface area contributed by atoms with Crippen LogP contribution in [0.4, 0.5) is 0 Å². The molecule has 0 aromatic heterocycles. The van der Waals surface area contributed by atoms with Crippen LogP contribution in [0.3, 0.4) is 0 Å². The molecule has 0 aromatic carbocycles. The third-order valence-electron chi connectivity index (χ3n) is 5.27. The maximum Gasteiger partial charge on any atom is 0.222 e. The molecule has 1 N–H and O–H groups in total. The van der Waals surface area contributed by atoms with Crippen molar-refractivity contribution in [2.24, 2.45) is 47.3 Å². The second-order valence-electron chi connectivity index (χ2n) is 13.5. The standard InChI is InChI=1S/C10H19NO.C10H18O.C9H16O.C9H18/c1-8(2)6-5-7-11-10(12)9(3)4;1-8(2)6-5-7-10(11)9(3)4;1-7(2)5-6-9(10)8(3)4;1-8(2)6-5-7-9(3)4/h5-6,8-9H,7H2,1-4H3,(H,11,12);5-6,8-9H,7H2,1-4H3;5-8H,1-4H3;5-6,8-9H,7H2,1-4H3/b4*6-5+. The second kappa shape index (κ2) is 30.2. The number of ketones is 2. The first kappa shape index (κ1) is 46.7. The average Bonchev–Trinajstić information content (AvgIpc) is 2.85. The minimum absolute atomic E-state index is 0.0810. The van der Waals surface area contributed by atoms with Crippen molar-refractivity contribution >= 4 is 17.5 Å². The van der Waals surface area contributed by atoms with E-state index in [1.54, 1.807) is 6.08 Å². The molecule has 0 saturated carbocycles. The SMILES string of the molecule is CC(C)/C=C/C(=O)C(C)C.CC(C)/C=C/CC(=O)C(C)C.CC(C)/C=C/CC(C)C.CC(C)/C=C/CNC(=O)C(C)C. The Bertz CT molecular complexity index is 776. The first-order chi connectivity index (χ1) is 19.2. The fourth-order valence-electron chi connectivity index (χ4n) is 2.50. The second-order valence-corrected chi connectivity index (χ2v) is 13.5. The van der Waals surface area contributed by atoms with E-state index < -0.39 is 0 Å². The Morgan fingerprint density at radius 2 is 0.952 bits per heavy atom. The van der Waals surface area contributed by atoms with Crippen LogP contribution in [0.2, 0.25) is 0 Å². The quantitative estimate of drug-likeness (QED) is 0.162. The summed E-state index contributed by atoms with van der Waals surface area (Å²) in [7, 11) is 0. The number of hydrogen-bond donors (Lipinski definition) is 1. The number of allylic oxidation sites excluding steroid dienone is 7. The van der Waals surface area contributed by atoms with Gasteiger partial charge in [-0.1, -0.05) is 153 Å². The van der Waals surface area contributed by atoms with E-state index >= 15 is 0 Å². The highest BCUT2D eigenvalue weighted by molar-refractivity contribution is 5.91. The molecule has 0 heterocycles. The van der Waals surface area contributed by atoms with Gasteiger partial charge in [0, 0.05) is 30.7 Å². The maximum absolute atomic E-state index is 11.1. The number of Topliss-reactive ketones (excluding diaryl/α,β-unsaturated/α-hetero) is 1. The van der Waals surface area contributed by atoms with E-state index in [-0.39, 0.29) is 29.4 Å². The van der Waals surface area contributed by atoms with Crippen molar-refractivity contribution in [2.75, 3.05) is 6.54 Å². The lowest BCUT2D eigenvalue weighted by Crippen LogP contribution is -2.27. The molecule has 0 saturated heterocycles. The Morgan fingerprint density at radius 1 is 0.524 bits per heavy atom. The molecule has 0 aliphatic rings. The highest BCUT2D eigenvalue weighted by Crippen LogP contribution is 2.03. The van der Waals surface area contributed by atoms with Crippen molar-refractivity contribution in [1.82, 2.24) is 5.32 Å². The van der Waals surface area contributed by atoms with Gasteiger partial charge in [-0.3, -0.25) is 14.4 Å². The Labute approximate surface area is 263 Å². The lowest BCUT2D eigenvalue weighted by atomic mass is 10.1. The topological polar surface area (TPSA) is 63.2 Å². The molecule has 0 bridgehead atoms. The van der Waals surface area contributed by atoms with E-state index in [0.717, 1.165) is 5.92 Å². The molecule has 246 valence electrons. The molecule has 1 amide bonds. The Kier molecular flexibility index (Phi) is 33.6. The van der Waals surface area contributed by atoms with Crippen LogP contribution in [0.15, 0.2) is 48.6 Å². The van der Waals surface area contributed by atoms with Crippen LogP contribution in [0, 0.1) is 47.3 Å². The molecule has 0 atom stereocenters. The van der Waals surface area contributed by atoms with Crippen molar-refractivity contribution in [3.05, 3.63) is 48.6 Å². The Morgan fingerprint density at radius 3 is 1.31 bits per heavy atom. The Balaban J connectivity index is -0.000000230. The number of carbonyl (C=O) groups is 3.